The van der Waals surface area contributed by atoms with Crippen LogP contribution in [0.4, 0.5) is 0 Å². The van der Waals surface area contributed by atoms with E-state index in [-0.39, 0.29) is 11.1 Å². The first kappa shape index (κ1) is 16.2. The van der Waals surface area contributed by atoms with Crippen molar-refractivity contribution in [3.05, 3.63) is 12.3 Å². The predicted octanol–water partition coefficient (Wildman–Crippen LogP) is 3.60. The van der Waals surface area contributed by atoms with Gasteiger partial charge < -0.3 is 9.16 Å². The fourth-order valence-corrected chi connectivity index (χ4v) is 2.50. The minimum atomic E-state index is -1.63. The van der Waals surface area contributed by atoms with Gasteiger partial charge in [-0.1, -0.05) is 20.8 Å². The third-order valence-electron chi connectivity index (χ3n) is 3.89. The molecule has 0 aromatic carbocycles. The summed E-state index contributed by atoms with van der Waals surface area (Å²) in [5.74, 6) is 0.805. The molecule has 4 nitrogen and oxygen atoms in total. The molecular formula is C14H28N2O2Si. The fourth-order valence-electron chi connectivity index (χ4n) is 1.44. The number of ether oxygens (including phenoxy) is 1. The van der Waals surface area contributed by atoms with E-state index in [4.69, 9.17) is 9.16 Å². The molecule has 5 heteroatoms. The maximum atomic E-state index is 6.15. The highest BCUT2D eigenvalue weighted by atomic mass is 28.4. The second-order valence-electron chi connectivity index (χ2n) is 6.62. The zero-order valence-electron chi connectivity index (χ0n) is 13.4. The average Bonchev–Trinajstić information content (AvgIpc) is 2.62. The van der Waals surface area contributed by atoms with Gasteiger partial charge in [-0.3, -0.25) is 0 Å². The van der Waals surface area contributed by atoms with E-state index in [0.717, 1.165) is 18.9 Å². The van der Waals surface area contributed by atoms with Crippen LogP contribution in [-0.4, -0.2) is 30.8 Å². The number of hydrogen-bond donors (Lipinski definition) is 0. The molecule has 110 valence electrons. The molecule has 1 aromatic heterocycles. The van der Waals surface area contributed by atoms with Crippen molar-refractivity contribution in [3.63, 3.8) is 0 Å². The van der Waals surface area contributed by atoms with Crippen LogP contribution in [0.5, 0.6) is 5.88 Å². The van der Waals surface area contributed by atoms with E-state index in [1.165, 1.54) is 0 Å². The minimum absolute atomic E-state index is 0.139. The summed E-state index contributed by atoms with van der Waals surface area (Å²) < 4.78 is 13.7. The van der Waals surface area contributed by atoms with Gasteiger partial charge >= 0.3 is 0 Å². The molecule has 0 saturated carbocycles. The Kier molecular flexibility index (Phi) is 5.21. The molecule has 0 N–H and O–H groups in total. The molecule has 1 unspecified atom stereocenters. The maximum absolute atomic E-state index is 6.15. The molecule has 0 radical (unpaired) electrons. The standard InChI is InChI=1S/C14H28N2O2Si/c1-12(18-13-8-10-15-16(13)5)9-11-17-19(6,7)14(2,3)4/h8,10,12H,9,11H2,1-7H3. The summed E-state index contributed by atoms with van der Waals surface area (Å²) in [7, 11) is 0.248. The third-order valence-corrected chi connectivity index (χ3v) is 8.43. The van der Waals surface area contributed by atoms with E-state index in [1.807, 2.05) is 13.1 Å². The maximum Gasteiger partial charge on any atom is 0.211 e. The van der Waals surface area contributed by atoms with Gasteiger partial charge in [-0.2, -0.15) is 5.10 Å². The van der Waals surface area contributed by atoms with Gasteiger partial charge in [0.25, 0.3) is 0 Å². The third kappa shape index (κ3) is 4.65. The summed E-state index contributed by atoms with van der Waals surface area (Å²) >= 11 is 0. The Labute approximate surface area is 118 Å². The summed E-state index contributed by atoms with van der Waals surface area (Å²) in [6.45, 7) is 14.2. The summed E-state index contributed by atoms with van der Waals surface area (Å²) in [6, 6.07) is 1.88. The highest BCUT2D eigenvalue weighted by Crippen LogP contribution is 2.36. The van der Waals surface area contributed by atoms with Gasteiger partial charge in [-0.05, 0) is 25.1 Å². The molecule has 1 heterocycles. The molecule has 0 aliphatic rings. The lowest BCUT2D eigenvalue weighted by molar-refractivity contribution is 0.159. The van der Waals surface area contributed by atoms with Crippen LogP contribution in [0.2, 0.25) is 18.1 Å². The Balaban J connectivity index is 2.36. The predicted molar refractivity (Wildman–Crippen MR) is 81.1 cm³/mol. The number of nitrogens with zero attached hydrogens (tertiary/aromatic N) is 2. The van der Waals surface area contributed by atoms with Crippen LogP contribution < -0.4 is 4.74 Å². The molecule has 0 amide bonds. The number of aryl methyl sites for hydroxylation is 1. The lowest BCUT2D eigenvalue weighted by Gasteiger charge is -2.36. The largest absolute Gasteiger partial charge is 0.475 e. The Morgan fingerprint density at radius 3 is 2.47 bits per heavy atom. The van der Waals surface area contributed by atoms with Crippen LogP contribution in [0, 0.1) is 0 Å². The van der Waals surface area contributed by atoms with Crippen molar-refractivity contribution in [2.45, 2.75) is 58.4 Å². The van der Waals surface area contributed by atoms with E-state index in [9.17, 15) is 0 Å². The van der Waals surface area contributed by atoms with Gasteiger partial charge in [0, 0.05) is 26.1 Å². The Bertz CT molecular complexity index is 396. The van der Waals surface area contributed by atoms with Gasteiger partial charge in [0.05, 0.1) is 12.3 Å². The summed E-state index contributed by atoms with van der Waals surface area (Å²) in [4.78, 5) is 0. The van der Waals surface area contributed by atoms with E-state index in [1.54, 1.807) is 10.9 Å². The van der Waals surface area contributed by atoms with E-state index >= 15 is 0 Å². The number of hydrogen-bond acceptors (Lipinski definition) is 3. The van der Waals surface area contributed by atoms with Gasteiger partial charge in [0.2, 0.25) is 5.88 Å². The molecule has 0 bridgehead atoms. The fraction of sp³-hybridized carbons (Fsp3) is 0.786. The monoisotopic (exact) mass is 284 g/mol. The minimum Gasteiger partial charge on any atom is -0.475 e. The van der Waals surface area contributed by atoms with Gasteiger partial charge in [0.15, 0.2) is 8.32 Å². The van der Waals surface area contributed by atoms with Crippen LogP contribution >= 0.6 is 0 Å². The zero-order valence-corrected chi connectivity index (χ0v) is 14.4. The smallest absolute Gasteiger partial charge is 0.211 e. The molecule has 19 heavy (non-hydrogen) atoms. The van der Waals surface area contributed by atoms with Gasteiger partial charge in [0.1, 0.15) is 0 Å². The molecule has 0 saturated heterocycles. The van der Waals surface area contributed by atoms with Crippen molar-refractivity contribution in [2.75, 3.05) is 6.61 Å². The van der Waals surface area contributed by atoms with E-state index in [0.29, 0.717) is 0 Å². The molecule has 0 spiro atoms. The van der Waals surface area contributed by atoms with Crippen LogP contribution in [0.25, 0.3) is 0 Å². The van der Waals surface area contributed by atoms with E-state index < -0.39 is 8.32 Å². The Morgan fingerprint density at radius 2 is 2.00 bits per heavy atom. The van der Waals surface area contributed by atoms with Crippen LogP contribution in [0.15, 0.2) is 12.3 Å². The second kappa shape index (κ2) is 6.09. The molecule has 0 aliphatic heterocycles. The van der Waals surface area contributed by atoms with Crippen molar-refractivity contribution in [3.8, 4) is 5.88 Å². The topological polar surface area (TPSA) is 36.3 Å². The van der Waals surface area contributed by atoms with Crippen molar-refractivity contribution < 1.29 is 9.16 Å². The van der Waals surface area contributed by atoms with E-state index in [2.05, 4.69) is 45.9 Å². The first-order valence-corrected chi connectivity index (χ1v) is 9.83. The van der Waals surface area contributed by atoms with Crippen LogP contribution in [0.1, 0.15) is 34.1 Å². The lowest BCUT2D eigenvalue weighted by Crippen LogP contribution is -2.41. The second-order valence-corrected chi connectivity index (χ2v) is 11.4. The van der Waals surface area contributed by atoms with Crippen LogP contribution in [-0.2, 0) is 11.5 Å². The van der Waals surface area contributed by atoms with Crippen molar-refractivity contribution in [1.29, 1.82) is 0 Å². The van der Waals surface area contributed by atoms with Crippen LogP contribution in [0.3, 0.4) is 0 Å². The normalized spacial score (nSPS) is 14.5. The van der Waals surface area contributed by atoms with Crippen molar-refractivity contribution in [2.24, 2.45) is 7.05 Å². The first-order valence-electron chi connectivity index (χ1n) is 6.92. The highest BCUT2D eigenvalue weighted by Gasteiger charge is 2.36. The highest BCUT2D eigenvalue weighted by molar-refractivity contribution is 6.74. The van der Waals surface area contributed by atoms with Crippen molar-refractivity contribution >= 4 is 8.32 Å². The SMILES string of the molecule is CC(CCO[Si](C)(C)C(C)(C)C)Oc1ccnn1C. The molecule has 1 rings (SSSR count). The quantitative estimate of drug-likeness (QED) is 0.749. The number of rotatable bonds is 6. The Morgan fingerprint density at radius 1 is 1.37 bits per heavy atom. The molecule has 1 atom stereocenters. The first-order chi connectivity index (χ1) is 8.63. The Hall–Kier alpha value is -0.813. The summed E-state index contributed by atoms with van der Waals surface area (Å²) in [6.07, 6.45) is 2.78. The molecular weight excluding hydrogens is 256 g/mol. The van der Waals surface area contributed by atoms with Crippen molar-refractivity contribution in [1.82, 2.24) is 9.78 Å². The molecule has 1 aromatic rings. The molecule has 0 aliphatic carbocycles. The van der Waals surface area contributed by atoms with Gasteiger partial charge in [-0.25, -0.2) is 4.68 Å². The lowest BCUT2D eigenvalue weighted by atomic mass is 10.2. The van der Waals surface area contributed by atoms with Gasteiger partial charge in [-0.15, -0.1) is 0 Å². The summed E-state index contributed by atoms with van der Waals surface area (Å²) in [5.41, 5.74) is 0. The summed E-state index contributed by atoms with van der Waals surface area (Å²) in [5, 5.41) is 4.35. The average molecular weight is 284 g/mol. The number of aromatic nitrogens is 2. The zero-order chi connectivity index (χ0) is 14.7. The molecule has 0 fully saturated rings.